The number of benzene rings is 2. The van der Waals surface area contributed by atoms with Crippen LogP contribution in [0.5, 0.6) is 5.75 Å². The summed E-state index contributed by atoms with van der Waals surface area (Å²) in [6, 6.07) is 11.2. The highest BCUT2D eigenvalue weighted by atomic mass is 16.5. The van der Waals surface area contributed by atoms with E-state index < -0.39 is 17.9 Å². The third-order valence-corrected chi connectivity index (χ3v) is 4.78. The summed E-state index contributed by atoms with van der Waals surface area (Å²) < 4.78 is 5.73. The molecule has 28 heavy (non-hydrogen) atoms. The topological polar surface area (TPSA) is 92.7 Å². The summed E-state index contributed by atoms with van der Waals surface area (Å²) in [6.45, 7) is 5.76. The van der Waals surface area contributed by atoms with Gasteiger partial charge in [0.1, 0.15) is 18.4 Å². The third-order valence-electron chi connectivity index (χ3n) is 4.78. The molecule has 0 aliphatic carbocycles. The molecule has 0 aliphatic heterocycles. The average Bonchev–Trinajstić information content (AvgIpc) is 2.69. The van der Waals surface area contributed by atoms with E-state index in [9.17, 15) is 19.5 Å². The van der Waals surface area contributed by atoms with E-state index in [0.29, 0.717) is 23.3 Å². The summed E-state index contributed by atoms with van der Waals surface area (Å²) in [6.07, 6.45) is 1.42. The van der Waals surface area contributed by atoms with E-state index in [4.69, 9.17) is 4.74 Å². The number of aldehydes is 1. The Morgan fingerprint density at radius 3 is 2.43 bits per heavy atom. The zero-order chi connectivity index (χ0) is 20.7. The van der Waals surface area contributed by atoms with Crippen LogP contribution in [0, 0.1) is 12.8 Å². The van der Waals surface area contributed by atoms with E-state index in [-0.39, 0.29) is 12.5 Å². The molecule has 2 aromatic carbocycles. The SMILES string of the molecule is CCC(C)[C@H](NC(=O)c1ccc(COc2cccc(C)c2C=O)cc1)C(=O)O. The van der Waals surface area contributed by atoms with Crippen LogP contribution in [-0.2, 0) is 11.4 Å². The van der Waals surface area contributed by atoms with Gasteiger partial charge in [-0.2, -0.15) is 0 Å². The van der Waals surface area contributed by atoms with Crippen molar-refractivity contribution in [3.63, 3.8) is 0 Å². The van der Waals surface area contributed by atoms with Crippen molar-refractivity contribution in [1.29, 1.82) is 0 Å². The fourth-order valence-electron chi connectivity index (χ4n) is 2.75. The smallest absolute Gasteiger partial charge is 0.326 e. The van der Waals surface area contributed by atoms with Gasteiger partial charge < -0.3 is 15.2 Å². The van der Waals surface area contributed by atoms with Crippen LogP contribution in [0.15, 0.2) is 42.5 Å². The van der Waals surface area contributed by atoms with Crippen LogP contribution >= 0.6 is 0 Å². The highest BCUT2D eigenvalue weighted by Crippen LogP contribution is 2.21. The van der Waals surface area contributed by atoms with Crippen LogP contribution in [0.1, 0.15) is 52.1 Å². The summed E-state index contributed by atoms with van der Waals surface area (Å²) in [5.41, 5.74) is 2.56. The lowest BCUT2D eigenvalue weighted by atomic mass is 9.99. The molecular weight excluding hydrogens is 358 g/mol. The zero-order valence-electron chi connectivity index (χ0n) is 16.3. The quantitative estimate of drug-likeness (QED) is 0.645. The van der Waals surface area contributed by atoms with Crippen molar-refractivity contribution in [3.8, 4) is 5.75 Å². The maximum Gasteiger partial charge on any atom is 0.326 e. The molecule has 2 atom stereocenters. The predicted octanol–water partition coefficient (Wildman–Crippen LogP) is 3.62. The highest BCUT2D eigenvalue weighted by Gasteiger charge is 2.25. The van der Waals surface area contributed by atoms with Gasteiger partial charge in [0.2, 0.25) is 0 Å². The molecule has 1 unspecified atom stereocenters. The van der Waals surface area contributed by atoms with Crippen molar-refractivity contribution < 1.29 is 24.2 Å². The molecule has 0 aliphatic rings. The number of carboxylic acids is 1. The van der Waals surface area contributed by atoms with Crippen LogP contribution in [0.3, 0.4) is 0 Å². The van der Waals surface area contributed by atoms with Gasteiger partial charge in [-0.25, -0.2) is 4.79 Å². The van der Waals surface area contributed by atoms with E-state index in [1.54, 1.807) is 37.3 Å². The molecule has 2 rings (SSSR count). The van der Waals surface area contributed by atoms with Crippen LogP contribution in [0.4, 0.5) is 0 Å². The van der Waals surface area contributed by atoms with Gasteiger partial charge >= 0.3 is 5.97 Å². The number of carboxylic acid groups (broad SMARTS) is 1. The molecule has 0 aromatic heterocycles. The first-order valence-electron chi connectivity index (χ1n) is 9.17. The molecule has 0 saturated carbocycles. The van der Waals surface area contributed by atoms with Crippen molar-refractivity contribution in [3.05, 3.63) is 64.7 Å². The zero-order valence-corrected chi connectivity index (χ0v) is 16.3. The first-order chi connectivity index (χ1) is 13.4. The molecule has 1 amide bonds. The lowest BCUT2D eigenvalue weighted by Crippen LogP contribution is -2.45. The van der Waals surface area contributed by atoms with Crippen molar-refractivity contribution in [1.82, 2.24) is 5.32 Å². The number of amides is 1. The molecule has 6 nitrogen and oxygen atoms in total. The Morgan fingerprint density at radius 1 is 1.18 bits per heavy atom. The van der Waals surface area contributed by atoms with E-state index in [1.807, 2.05) is 26.0 Å². The Hall–Kier alpha value is -3.15. The molecule has 2 N–H and O–H groups in total. The Morgan fingerprint density at radius 2 is 1.86 bits per heavy atom. The molecule has 0 saturated heterocycles. The van der Waals surface area contributed by atoms with Crippen molar-refractivity contribution >= 4 is 18.2 Å². The Bertz CT molecular complexity index is 845. The van der Waals surface area contributed by atoms with Gasteiger partial charge in [-0.05, 0) is 42.2 Å². The average molecular weight is 383 g/mol. The summed E-state index contributed by atoms with van der Waals surface area (Å²) in [7, 11) is 0. The number of aliphatic carboxylic acids is 1. The van der Waals surface area contributed by atoms with Crippen LogP contribution in [0.25, 0.3) is 0 Å². The van der Waals surface area contributed by atoms with E-state index in [2.05, 4.69) is 5.32 Å². The summed E-state index contributed by atoms with van der Waals surface area (Å²) in [5, 5.41) is 11.9. The highest BCUT2D eigenvalue weighted by molar-refractivity contribution is 5.96. The molecule has 0 fully saturated rings. The minimum absolute atomic E-state index is 0.171. The second-order valence-corrected chi connectivity index (χ2v) is 6.77. The number of rotatable bonds is 9. The standard InChI is InChI=1S/C22H25NO5/c1-4-14(2)20(22(26)27)23-21(25)17-10-8-16(9-11-17)13-28-19-7-5-6-15(3)18(19)12-24/h5-12,14,20H,4,13H2,1-3H3,(H,23,25)(H,26,27)/t14?,20-/m0/s1. The monoisotopic (exact) mass is 383 g/mol. The number of carbonyl (C=O) groups is 3. The summed E-state index contributed by atoms with van der Waals surface area (Å²) in [5.74, 6) is -1.14. The molecule has 0 bridgehead atoms. The van der Waals surface area contributed by atoms with Crippen LogP contribution in [-0.4, -0.2) is 29.3 Å². The minimum Gasteiger partial charge on any atom is -0.488 e. The molecule has 0 radical (unpaired) electrons. The van der Waals surface area contributed by atoms with Gasteiger partial charge in [0.25, 0.3) is 5.91 Å². The predicted molar refractivity (Wildman–Crippen MR) is 106 cm³/mol. The lowest BCUT2D eigenvalue weighted by molar-refractivity contribution is -0.140. The van der Waals surface area contributed by atoms with Gasteiger partial charge in [0, 0.05) is 5.56 Å². The fourth-order valence-corrected chi connectivity index (χ4v) is 2.75. The van der Waals surface area contributed by atoms with Crippen molar-refractivity contribution in [2.24, 2.45) is 5.92 Å². The van der Waals surface area contributed by atoms with Crippen molar-refractivity contribution in [2.45, 2.75) is 39.8 Å². The Labute approximate surface area is 164 Å². The number of aryl methyl sites for hydroxylation is 1. The fraction of sp³-hybridized carbons (Fsp3) is 0.318. The molecular formula is C22H25NO5. The second kappa shape index (κ2) is 9.69. The first-order valence-corrected chi connectivity index (χ1v) is 9.17. The number of carbonyl (C=O) groups excluding carboxylic acids is 2. The number of hydrogen-bond acceptors (Lipinski definition) is 4. The third kappa shape index (κ3) is 5.19. The minimum atomic E-state index is -1.04. The molecule has 6 heteroatoms. The normalized spacial score (nSPS) is 12.7. The largest absolute Gasteiger partial charge is 0.488 e. The molecule has 2 aromatic rings. The number of hydrogen-bond donors (Lipinski definition) is 2. The molecule has 0 spiro atoms. The second-order valence-electron chi connectivity index (χ2n) is 6.77. The van der Waals surface area contributed by atoms with Gasteiger partial charge in [0.15, 0.2) is 6.29 Å². The van der Waals surface area contributed by atoms with E-state index in [0.717, 1.165) is 17.4 Å². The van der Waals surface area contributed by atoms with Gasteiger partial charge in [0.05, 0.1) is 5.56 Å². The van der Waals surface area contributed by atoms with Crippen LogP contribution < -0.4 is 10.1 Å². The number of ether oxygens (including phenoxy) is 1. The van der Waals surface area contributed by atoms with Crippen molar-refractivity contribution in [2.75, 3.05) is 0 Å². The van der Waals surface area contributed by atoms with Gasteiger partial charge in [-0.3, -0.25) is 9.59 Å². The Kier molecular flexibility index (Phi) is 7.32. The first kappa shape index (κ1) is 21.2. The Balaban J connectivity index is 2.03. The van der Waals surface area contributed by atoms with Gasteiger partial charge in [-0.15, -0.1) is 0 Å². The summed E-state index contributed by atoms with van der Waals surface area (Å²) >= 11 is 0. The summed E-state index contributed by atoms with van der Waals surface area (Å²) in [4.78, 5) is 34.9. The van der Waals surface area contributed by atoms with Crippen LogP contribution in [0.2, 0.25) is 0 Å². The number of nitrogens with one attached hydrogen (secondary N) is 1. The van der Waals surface area contributed by atoms with Gasteiger partial charge in [-0.1, -0.05) is 44.5 Å². The lowest BCUT2D eigenvalue weighted by Gasteiger charge is -2.20. The van der Waals surface area contributed by atoms with E-state index in [1.165, 1.54) is 0 Å². The molecule has 148 valence electrons. The maximum absolute atomic E-state index is 12.3. The maximum atomic E-state index is 12.3. The van der Waals surface area contributed by atoms with E-state index >= 15 is 0 Å². The molecule has 0 heterocycles.